The molecule has 6 nitrogen and oxygen atoms in total. The molecule has 0 aliphatic carbocycles. The standard InChI is InChI=1S/C18H24N4O2/c1-13-4-5-15(18(8-13)24-3)11-21-6-7-22-17(12-21)9-16(20-22)10-19-14(2)23/h4-5,8-9H,6-7,10-12H2,1-3H3,(H,19,23). The molecule has 2 heterocycles. The predicted octanol–water partition coefficient (Wildman–Crippen LogP) is 1.85. The molecule has 24 heavy (non-hydrogen) atoms. The van der Waals surface area contributed by atoms with Crippen LogP contribution in [0.1, 0.15) is 29.4 Å². The molecule has 0 bridgehead atoms. The number of rotatable bonds is 5. The molecule has 0 unspecified atom stereocenters. The molecule has 128 valence electrons. The summed E-state index contributed by atoms with van der Waals surface area (Å²) in [4.78, 5) is 13.4. The van der Waals surface area contributed by atoms with E-state index in [1.54, 1.807) is 7.11 Å². The number of hydrogen-bond donors (Lipinski definition) is 1. The molecule has 0 spiro atoms. The van der Waals surface area contributed by atoms with Crippen LogP contribution in [0.15, 0.2) is 24.3 Å². The highest BCUT2D eigenvalue weighted by atomic mass is 16.5. The summed E-state index contributed by atoms with van der Waals surface area (Å²) in [6, 6.07) is 8.42. The van der Waals surface area contributed by atoms with Gasteiger partial charge in [0.05, 0.1) is 31.6 Å². The largest absolute Gasteiger partial charge is 0.496 e. The predicted molar refractivity (Wildman–Crippen MR) is 91.6 cm³/mol. The van der Waals surface area contributed by atoms with Gasteiger partial charge in [0, 0.05) is 32.1 Å². The van der Waals surface area contributed by atoms with Crippen molar-refractivity contribution in [3.05, 3.63) is 46.8 Å². The lowest BCUT2D eigenvalue weighted by Gasteiger charge is -2.28. The molecule has 1 N–H and O–H groups in total. The number of nitrogens with one attached hydrogen (secondary N) is 1. The zero-order valence-electron chi connectivity index (χ0n) is 14.5. The van der Waals surface area contributed by atoms with Gasteiger partial charge in [-0.15, -0.1) is 0 Å². The van der Waals surface area contributed by atoms with Gasteiger partial charge in [-0.2, -0.15) is 5.10 Å². The van der Waals surface area contributed by atoms with Crippen LogP contribution in [0, 0.1) is 6.92 Å². The second-order valence-electron chi connectivity index (χ2n) is 6.29. The Morgan fingerprint density at radius 2 is 2.17 bits per heavy atom. The van der Waals surface area contributed by atoms with Gasteiger partial charge < -0.3 is 10.1 Å². The smallest absolute Gasteiger partial charge is 0.217 e. The molecular weight excluding hydrogens is 304 g/mol. The maximum Gasteiger partial charge on any atom is 0.217 e. The fraction of sp³-hybridized carbons (Fsp3) is 0.444. The van der Waals surface area contributed by atoms with E-state index in [9.17, 15) is 4.79 Å². The lowest BCUT2D eigenvalue weighted by atomic mass is 10.1. The minimum Gasteiger partial charge on any atom is -0.496 e. The van der Waals surface area contributed by atoms with Crippen molar-refractivity contribution in [2.75, 3.05) is 13.7 Å². The first-order valence-corrected chi connectivity index (χ1v) is 8.21. The van der Waals surface area contributed by atoms with Gasteiger partial charge in [0.15, 0.2) is 0 Å². The Kier molecular flexibility index (Phi) is 4.85. The maximum absolute atomic E-state index is 11.0. The van der Waals surface area contributed by atoms with E-state index in [1.165, 1.54) is 23.7 Å². The molecule has 1 aromatic carbocycles. The Morgan fingerprint density at radius 3 is 2.92 bits per heavy atom. The highest BCUT2D eigenvalue weighted by Crippen LogP contribution is 2.23. The monoisotopic (exact) mass is 328 g/mol. The number of aromatic nitrogens is 2. The van der Waals surface area contributed by atoms with E-state index < -0.39 is 0 Å². The number of hydrogen-bond acceptors (Lipinski definition) is 4. The van der Waals surface area contributed by atoms with Gasteiger partial charge in [-0.05, 0) is 24.6 Å². The summed E-state index contributed by atoms with van der Waals surface area (Å²) in [6.45, 7) is 7.60. The summed E-state index contributed by atoms with van der Waals surface area (Å²) in [7, 11) is 1.72. The second-order valence-corrected chi connectivity index (χ2v) is 6.29. The molecule has 0 radical (unpaired) electrons. The number of methoxy groups -OCH3 is 1. The summed E-state index contributed by atoms with van der Waals surface area (Å²) in [6.07, 6.45) is 0. The van der Waals surface area contributed by atoms with E-state index in [4.69, 9.17) is 4.74 Å². The van der Waals surface area contributed by atoms with Crippen LogP contribution in [0.5, 0.6) is 5.75 Å². The van der Waals surface area contributed by atoms with Gasteiger partial charge in [-0.1, -0.05) is 12.1 Å². The molecule has 0 fully saturated rings. The fourth-order valence-electron chi connectivity index (χ4n) is 3.04. The number of fused-ring (bicyclic) bond motifs is 1. The first-order valence-electron chi connectivity index (χ1n) is 8.21. The molecule has 6 heteroatoms. The van der Waals surface area contributed by atoms with E-state index in [-0.39, 0.29) is 5.91 Å². The first kappa shape index (κ1) is 16.5. The van der Waals surface area contributed by atoms with Crippen molar-refractivity contribution in [1.82, 2.24) is 20.0 Å². The van der Waals surface area contributed by atoms with Crippen molar-refractivity contribution in [3.8, 4) is 5.75 Å². The van der Waals surface area contributed by atoms with E-state index in [2.05, 4.69) is 46.5 Å². The number of carbonyl (C=O) groups excluding carboxylic acids is 1. The molecule has 0 saturated carbocycles. The Bertz CT molecular complexity index is 739. The van der Waals surface area contributed by atoms with Crippen LogP contribution in [0.4, 0.5) is 0 Å². The lowest BCUT2D eigenvalue weighted by molar-refractivity contribution is -0.119. The molecule has 0 saturated heterocycles. The maximum atomic E-state index is 11.0. The van der Waals surface area contributed by atoms with Crippen molar-refractivity contribution in [2.24, 2.45) is 0 Å². The number of carbonyl (C=O) groups is 1. The van der Waals surface area contributed by atoms with Crippen LogP contribution in [0.2, 0.25) is 0 Å². The lowest BCUT2D eigenvalue weighted by Crippen LogP contribution is -2.33. The van der Waals surface area contributed by atoms with Crippen molar-refractivity contribution in [1.29, 1.82) is 0 Å². The van der Waals surface area contributed by atoms with E-state index >= 15 is 0 Å². The molecule has 2 aromatic rings. The molecular formula is C18H24N4O2. The van der Waals surface area contributed by atoms with E-state index in [1.807, 2.05) is 4.68 Å². The average molecular weight is 328 g/mol. The number of nitrogens with zero attached hydrogens (tertiary/aromatic N) is 3. The van der Waals surface area contributed by atoms with Crippen LogP contribution < -0.4 is 10.1 Å². The van der Waals surface area contributed by atoms with Crippen molar-refractivity contribution in [2.45, 2.75) is 40.0 Å². The average Bonchev–Trinajstić information content (AvgIpc) is 2.96. The van der Waals surface area contributed by atoms with Gasteiger partial charge >= 0.3 is 0 Å². The van der Waals surface area contributed by atoms with Gasteiger partial charge in [0.25, 0.3) is 0 Å². The molecule has 3 rings (SSSR count). The van der Waals surface area contributed by atoms with Crippen LogP contribution in [-0.4, -0.2) is 34.2 Å². The summed E-state index contributed by atoms with van der Waals surface area (Å²) in [5, 5.41) is 7.36. The third-order valence-corrected chi connectivity index (χ3v) is 4.28. The Hall–Kier alpha value is -2.34. The van der Waals surface area contributed by atoms with Crippen LogP contribution in [-0.2, 0) is 31.0 Å². The number of benzene rings is 1. The minimum atomic E-state index is -0.0333. The van der Waals surface area contributed by atoms with Crippen molar-refractivity contribution >= 4 is 5.91 Å². The molecule has 1 aliphatic rings. The van der Waals surface area contributed by atoms with Crippen molar-refractivity contribution in [3.63, 3.8) is 0 Å². The van der Waals surface area contributed by atoms with Gasteiger partial charge in [0.1, 0.15) is 5.75 Å². The zero-order chi connectivity index (χ0) is 17.1. The summed E-state index contributed by atoms with van der Waals surface area (Å²) >= 11 is 0. The van der Waals surface area contributed by atoms with Crippen molar-refractivity contribution < 1.29 is 9.53 Å². The number of ether oxygens (including phenoxy) is 1. The quantitative estimate of drug-likeness (QED) is 0.910. The summed E-state index contributed by atoms with van der Waals surface area (Å²) in [5.74, 6) is 0.912. The molecule has 1 amide bonds. The van der Waals surface area contributed by atoms with Gasteiger partial charge in [-0.25, -0.2) is 0 Å². The summed E-state index contributed by atoms with van der Waals surface area (Å²) < 4.78 is 7.55. The van der Waals surface area contributed by atoms with E-state index in [0.29, 0.717) is 6.54 Å². The normalized spacial score (nSPS) is 14.3. The molecule has 1 aliphatic heterocycles. The highest BCUT2D eigenvalue weighted by molar-refractivity contribution is 5.72. The van der Waals surface area contributed by atoms with Crippen LogP contribution >= 0.6 is 0 Å². The fourth-order valence-corrected chi connectivity index (χ4v) is 3.04. The van der Waals surface area contributed by atoms with Gasteiger partial charge in [0.2, 0.25) is 5.91 Å². The van der Waals surface area contributed by atoms with Crippen LogP contribution in [0.3, 0.4) is 0 Å². The number of aryl methyl sites for hydroxylation is 1. The second kappa shape index (κ2) is 7.05. The Balaban J connectivity index is 1.68. The molecule has 0 atom stereocenters. The summed E-state index contributed by atoms with van der Waals surface area (Å²) in [5.41, 5.74) is 4.51. The number of amides is 1. The minimum absolute atomic E-state index is 0.0333. The Morgan fingerprint density at radius 1 is 1.33 bits per heavy atom. The third kappa shape index (κ3) is 3.76. The zero-order valence-corrected chi connectivity index (χ0v) is 14.5. The first-order chi connectivity index (χ1) is 11.5. The Labute approximate surface area is 142 Å². The SMILES string of the molecule is COc1cc(C)ccc1CN1CCn2nc(CNC(C)=O)cc2C1. The molecule has 1 aromatic heterocycles. The highest BCUT2D eigenvalue weighted by Gasteiger charge is 2.19. The van der Waals surface area contributed by atoms with E-state index in [0.717, 1.165) is 37.6 Å². The van der Waals surface area contributed by atoms with Gasteiger partial charge in [-0.3, -0.25) is 14.4 Å². The third-order valence-electron chi connectivity index (χ3n) is 4.28. The van der Waals surface area contributed by atoms with Crippen LogP contribution in [0.25, 0.3) is 0 Å². The topological polar surface area (TPSA) is 59.4 Å².